The van der Waals surface area contributed by atoms with Gasteiger partial charge in [-0.25, -0.2) is 0 Å². The van der Waals surface area contributed by atoms with Crippen LogP contribution in [0.5, 0.6) is 0 Å². The molecule has 0 rings (SSSR count). The van der Waals surface area contributed by atoms with Gasteiger partial charge < -0.3 is 11.7 Å². The zero-order valence-electron chi connectivity index (χ0n) is 4.98. The Morgan fingerprint density at radius 3 is 2.14 bits per heavy atom. The molecular weight excluding hydrogens is 165 g/mol. The third-order valence-corrected chi connectivity index (χ3v) is 0.451. The van der Waals surface area contributed by atoms with E-state index in [2.05, 4.69) is 6.92 Å². The van der Waals surface area contributed by atoms with Gasteiger partial charge in [0.2, 0.25) is 0 Å². The SMILES string of the molecule is [CH2-]C(C)OCC.[Y]. The van der Waals surface area contributed by atoms with Crippen molar-refractivity contribution in [3.63, 3.8) is 0 Å². The smallest absolute Gasteiger partial charge is 0.0405 e. The van der Waals surface area contributed by atoms with Gasteiger partial charge in [-0.2, -0.15) is 0 Å². The standard InChI is InChI=1S/C5H11O.Y/c1-4-6-5(2)3;/h5H,2,4H2,1,3H3;/q-1;. The minimum absolute atomic E-state index is 0. The first-order valence-corrected chi connectivity index (χ1v) is 2.22. The van der Waals surface area contributed by atoms with E-state index in [1.165, 1.54) is 0 Å². The summed E-state index contributed by atoms with van der Waals surface area (Å²) >= 11 is 0. The maximum Gasteiger partial charge on any atom is 0.0405 e. The Hall–Kier alpha value is 1.06. The van der Waals surface area contributed by atoms with Crippen LogP contribution in [0.3, 0.4) is 0 Å². The van der Waals surface area contributed by atoms with Crippen molar-refractivity contribution in [1.82, 2.24) is 0 Å². The summed E-state index contributed by atoms with van der Waals surface area (Å²) in [5.74, 6) is 0. The van der Waals surface area contributed by atoms with E-state index in [1.807, 2.05) is 13.8 Å². The molecule has 0 spiro atoms. The van der Waals surface area contributed by atoms with Gasteiger partial charge in [-0.05, 0) is 6.92 Å². The molecule has 7 heavy (non-hydrogen) atoms. The van der Waals surface area contributed by atoms with Crippen LogP contribution in [0.15, 0.2) is 0 Å². The molecule has 0 amide bonds. The van der Waals surface area contributed by atoms with E-state index in [0.29, 0.717) is 0 Å². The fourth-order valence-electron chi connectivity index (χ4n) is 0.285. The molecule has 0 aliphatic rings. The largest absolute Gasteiger partial charge is 0.411 e. The van der Waals surface area contributed by atoms with Crippen LogP contribution in [0.1, 0.15) is 13.8 Å². The molecule has 0 saturated heterocycles. The Balaban J connectivity index is 0. The van der Waals surface area contributed by atoms with Gasteiger partial charge in [-0.3, -0.25) is 0 Å². The van der Waals surface area contributed by atoms with Crippen LogP contribution in [-0.4, -0.2) is 12.7 Å². The first-order valence-electron chi connectivity index (χ1n) is 2.22. The van der Waals surface area contributed by atoms with E-state index in [1.54, 1.807) is 0 Å². The summed E-state index contributed by atoms with van der Waals surface area (Å²) < 4.78 is 4.93. The van der Waals surface area contributed by atoms with Gasteiger partial charge in [-0.1, -0.05) is 13.0 Å². The molecular formula is C5H11OY-. The van der Waals surface area contributed by atoms with Crippen LogP contribution in [0.2, 0.25) is 0 Å². The van der Waals surface area contributed by atoms with Crippen molar-refractivity contribution < 1.29 is 37.4 Å². The van der Waals surface area contributed by atoms with Gasteiger partial charge in [0.15, 0.2) is 0 Å². The van der Waals surface area contributed by atoms with Gasteiger partial charge in [-0.15, -0.1) is 0 Å². The van der Waals surface area contributed by atoms with Crippen molar-refractivity contribution in [2.75, 3.05) is 6.61 Å². The van der Waals surface area contributed by atoms with Crippen molar-refractivity contribution in [2.24, 2.45) is 0 Å². The third kappa shape index (κ3) is 11.0. The Morgan fingerprint density at radius 2 is 2.14 bits per heavy atom. The summed E-state index contributed by atoms with van der Waals surface area (Å²) in [6.07, 6.45) is 0.148. The summed E-state index contributed by atoms with van der Waals surface area (Å²) in [5.41, 5.74) is 0. The Morgan fingerprint density at radius 1 is 1.71 bits per heavy atom. The second-order valence-electron chi connectivity index (χ2n) is 1.27. The maximum atomic E-state index is 4.93. The first kappa shape index (κ1) is 10.9. The van der Waals surface area contributed by atoms with Crippen molar-refractivity contribution in [3.8, 4) is 0 Å². The van der Waals surface area contributed by atoms with Gasteiger partial charge >= 0.3 is 0 Å². The molecule has 1 radical (unpaired) electrons. The van der Waals surface area contributed by atoms with Crippen molar-refractivity contribution >= 4 is 0 Å². The first-order chi connectivity index (χ1) is 2.77. The molecule has 2 heteroatoms. The molecule has 0 bridgehead atoms. The average Bonchev–Trinajstić information content (AvgIpc) is 1.35. The maximum absolute atomic E-state index is 4.93. The number of ether oxygens (including phenoxy) is 1. The van der Waals surface area contributed by atoms with Gasteiger partial charge in [0, 0.05) is 39.3 Å². The van der Waals surface area contributed by atoms with Crippen LogP contribution in [-0.2, 0) is 37.4 Å². The molecule has 1 unspecified atom stereocenters. The predicted octanol–water partition coefficient (Wildman–Crippen LogP) is 1.24. The van der Waals surface area contributed by atoms with Crippen molar-refractivity contribution in [1.29, 1.82) is 0 Å². The van der Waals surface area contributed by atoms with E-state index in [-0.39, 0.29) is 38.8 Å². The summed E-state index contributed by atoms with van der Waals surface area (Å²) in [6, 6.07) is 0. The minimum atomic E-state index is 0. The molecule has 41 valence electrons. The van der Waals surface area contributed by atoms with Crippen molar-refractivity contribution in [3.05, 3.63) is 6.92 Å². The monoisotopic (exact) mass is 176 g/mol. The Bertz CT molecular complexity index is 29.3. The van der Waals surface area contributed by atoms with Crippen LogP contribution in [0.4, 0.5) is 0 Å². The fraction of sp³-hybridized carbons (Fsp3) is 0.800. The van der Waals surface area contributed by atoms with Gasteiger partial charge in [0.05, 0.1) is 0 Å². The second kappa shape index (κ2) is 7.06. The molecule has 0 aromatic heterocycles. The van der Waals surface area contributed by atoms with E-state index in [4.69, 9.17) is 4.74 Å². The number of hydrogen-bond donors (Lipinski definition) is 0. The van der Waals surface area contributed by atoms with Crippen molar-refractivity contribution in [2.45, 2.75) is 20.0 Å². The topological polar surface area (TPSA) is 9.23 Å². The second-order valence-corrected chi connectivity index (χ2v) is 1.27. The van der Waals surface area contributed by atoms with Gasteiger partial charge in [0.25, 0.3) is 0 Å². The molecule has 0 aliphatic heterocycles. The fourth-order valence-corrected chi connectivity index (χ4v) is 0.285. The zero-order chi connectivity index (χ0) is 4.99. The number of rotatable bonds is 2. The Kier molecular flexibility index (Phi) is 11.0. The molecule has 0 fully saturated rings. The molecule has 0 aromatic rings. The molecule has 0 heterocycles. The molecule has 0 aromatic carbocycles. The van der Waals surface area contributed by atoms with E-state index >= 15 is 0 Å². The summed E-state index contributed by atoms with van der Waals surface area (Å²) in [4.78, 5) is 0. The summed E-state index contributed by atoms with van der Waals surface area (Å²) in [5, 5.41) is 0. The summed E-state index contributed by atoms with van der Waals surface area (Å²) in [6.45, 7) is 8.25. The predicted molar refractivity (Wildman–Crippen MR) is 26.4 cm³/mol. The zero-order valence-corrected chi connectivity index (χ0v) is 7.82. The quantitative estimate of drug-likeness (QED) is 0.575. The molecule has 0 saturated carbocycles. The normalized spacial score (nSPS) is 12.4. The molecule has 0 N–H and O–H groups in total. The van der Waals surface area contributed by atoms with Crippen LogP contribution >= 0.6 is 0 Å². The minimum Gasteiger partial charge on any atom is -0.411 e. The molecule has 1 nitrogen and oxygen atoms in total. The average molecular weight is 176 g/mol. The van der Waals surface area contributed by atoms with E-state index < -0.39 is 0 Å². The third-order valence-electron chi connectivity index (χ3n) is 0.451. The van der Waals surface area contributed by atoms with E-state index in [9.17, 15) is 0 Å². The van der Waals surface area contributed by atoms with E-state index in [0.717, 1.165) is 6.61 Å². The Labute approximate surface area is 70.7 Å². The van der Waals surface area contributed by atoms with Gasteiger partial charge in [0.1, 0.15) is 0 Å². The summed E-state index contributed by atoms with van der Waals surface area (Å²) in [7, 11) is 0. The van der Waals surface area contributed by atoms with Crippen LogP contribution < -0.4 is 0 Å². The molecule has 0 aliphatic carbocycles. The molecule has 1 atom stereocenters. The van der Waals surface area contributed by atoms with Crippen LogP contribution in [0, 0.1) is 6.92 Å². The van der Waals surface area contributed by atoms with Crippen LogP contribution in [0.25, 0.3) is 0 Å². The number of hydrogen-bond acceptors (Lipinski definition) is 1.